The average Bonchev–Trinajstić information content (AvgIpc) is 3.21. The van der Waals surface area contributed by atoms with E-state index in [2.05, 4.69) is 15.3 Å². The van der Waals surface area contributed by atoms with Crippen LogP contribution in [0.5, 0.6) is 0 Å². The molecule has 1 aliphatic carbocycles. The molecule has 2 heterocycles. The van der Waals surface area contributed by atoms with E-state index < -0.39 is 27.5 Å². The van der Waals surface area contributed by atoms with Gasteiger partial charge in [-0.15, -0.1) is 0 Å². The lowest BCUT2D eigenvalue weighted by molar-refractivity contribution is 0.407. The van der Waals surface area contributed by atoms with Gasteiger partial charge in [0.2, 0.25) is 0 Å². The van der Waals surface area contributed by atoms with Gasteiger partial charge in [0.15, 0.2) is 23.3 Å². The minimum atomic E-state index is -4.26. The van der Waals surface area contributed by atoms with Gasteiger partial charge in [-0.3, -0.25) is 0 Å². The van der Waals surface area contributed by atoms with Gasteiger partial charge in [-0.2, -0.15) is 0 Å². The highest BCUT2D eigenvalue weighted by atomic mass is 32.2. The second kappa shape index (κ2) is 9.21. The van der Waals surface area contributed by atoms with E-state index in [9.17, 15) is 21.6 Å². The Hall–Kier alpha value is -3.44. The van der Waals surface area contributed by atoms with Crippen molar-refractivity contribution in [1.29, 1.82) is 0 Å². The highest BCUT2D eigenvalue weighted by Gasteiger charge is 2.27. The molecule has 0 amide bonds. The van der Waals surface area contributed by atoms with Crippen LogP contribution >= 0.6 is 0 Å². The lowest BCUT2D eigenvalue weighted by Crippen LogP contribution is -2.35. The van der Waals surface area contributed by atoms with Crippen LogP contribution in [0.25, 0.3) is 22.3 Å². The van der Waals surface area contributed by atoms with E-state index in [-0.39, 0.29) is 45.1 Å². The van der Waals surface area contributed by atoms with Crippen molar-refractivity contribution < 1.29 is 21.6 Å². The number of aromatic nitrogens is 3. The quantitative estimate of drug-likeness (QED) is 0.398. The third kappa shape index (κ3) is 4.44. The molecule has 3 N–H and O–H groups in total. The smallest absolute Gasteiger partial charge is 0.268 e. The fourth-order valence-corrected chi connectivity index (χ4v) is 5.97. The Labute approximate surface area is 206 Å². The van der Waals surface area contributed by atoms with Crippen LogP contribution in [0.1, 0.15) is 31.2 Å². The second-order valence-electron chi connectivity index (χ2n) is 9.10. The molecular weight excluding hydrogens is 491 g/mol. The van der Waals surface area contributed by atoms with Crippen molar-refractivity contribution in [3.05, 3.63) is 71.8 Å². The van der Waals surface area contributed by atoms with Gasteiger partial charge < -0.3 is 11.1 Å². The standard InChI is InChI=1S/C25H24F3N5O2S/c1-14-5-7-18(8-6-14)36(34,35)33-13-20(19-9-15(26)10-21(27)23(19)33)24-30-12-22(28)25(32-24)31-17-4-2-3-16(29)11-17/h5-10,12-13,16-17H,2-4,11,29H2,1H3,(H,30,31,32)/t16-,17+/m0/s1. The minimum Gasteiger partial charge on any atom is -0.365 e. The van der Waals surface area contributed by atoms with Crippen molar-refractivity contribution in [1.82, 2.24) is 13.9 Å². The van der Waals surface area contributed by atoms with Crippen LogP contribution in [0.3, 0.4) is 0 Å². The van der Waals surface area contributed by atoms with Crippen molar-refractivity contribution in [2.24, 2.45) is 5.73 Å². The molecular formula is C25H24F3N5O2S. The largest absolute Gasteiger partial charge is 0.365 e. The summed E-state index contributed by atoms with van der Waals surface area (Å²) in [5, 5.41) is 2.99. The predicted octanol–water partition coefficient (Wildman–Crippen LogP) is 4.74. The second-order valence-corrected chi connectivity index (χ2v) is 10.9. The monoisotopic (exact) mass is 515 g/mol. The molecule has 1 fully saturated rings. The van der Waals surface area contributed by atoms with Crippen molar-refractivity contribution in [2.75, 3.05) is 5.32 Å². The van der Waals surface area contributed by atoms with E-state index in [0.29, 0.717) is 12.5 Å². The lowest BCUT2D eigenvalue weighted by Gasteiger charge is -2.27. The number of hydrogen-bond donors (Lipinski definition) is 2. The third-order valence-electron chi connectivity index (χ3n) is 6.40. The van der Waals surface area contributed by atoms with E-state index in [1.807, 2.05) is 0 Å². The van der Waals surface area contributed by atoms with Crippen LogP contribution in [0.4, 0.5) is 19.0 Å². The van der Waals surface area contributed by atoms with Crippen LogP contribution in [0.2, 0.25) is 0 Å². The first-order chi connectivity index (χ1) is 17.1. The zero-order valence-electron chi connectivity index (χ0n) is 19.4. The Balaban J connectivity index is 1.65. The number of nitrogens with one attached hydrogen (secondary N) is 1. The highest BCUT2D eigenvalue weighted by Crippen LogP contribution is 2.34. The SMILES string of the molecule is Cc1ccc(S(=O)(=O)n2cc(-c3ncc(F)c(N[C@@H]4CCC[C@H](N)C4)n3)c3cc(F)cc(F)c32)cc1. The number of aryl methyl sites for hydroxylation is 1. The summed E-state index contributed by atoms with van der Waals surface area (Å²) >= 11 is 0. The molecule has 7 nitrogen and oxygen atoms in total. The van der Waals surface area contributed by atoms with Crippen LogP contribution in [-0.2, 0) is 10.0 Å². The Morgan fingerprint density at radius 2 is 1.83 bits per heavy atom. The van der Waals surface area contributed by atoms with Crippen LogP contribution in [0, 0.1) is 24.4 Å². The summed E-state index contributed by atoms with van der Waals surface area (Å²) in [5.41, 5.74) is 6.57. The molecule has 2 aromatic heterocycles. The number of benzene rings is 2. The van der Waals surface area contributed by atoms with E-state index >= 15 is 0 Å². The minimum absolute atomic E-state index is 0.00322. The molecule has 188 valence electrons. The summed E-state index contributed by atoms with van der Waals surface area (Å²) in [6.07, 6.45) is 5.29. The highest BCUT2D eigenvalue weighted by molar-refractivity contribution is 7.90. The number of halogens is 3. The van der Waals surface area contributed by atoms with Crippen molar-refractivity contribution in [2.45, 2.75) is 49.6 Å². The fourth-order valence-electron chi connectivity index (χ4n) is 4.59. The first kappa shape index (κ1) is 24.3. The van der Waals surface area contributed by atoms with Crippen LogP contribution in [-0.4, -0.2) is 34.4 Å². The van der Waals surface area contributed by atoms with Crippen molar-refractivity contribution in [3.63, 3.8) is 0 Å². The summed E-state index contributed by atoms with van der Waals surface area (Å²) in [7, 11) is -4.26. The number of rotatable bonds is 5. The fraction of sp³-hybridized carbons (Fsp3) is 0.280. The predicted molar refractivity (Wildman–Crippen MR) is 130 cm³/mol. The van der Waals surface area contributed by atoms with Gasteiger partial charge in [0.05, 0.1) is 11.1 Å². The number of nitrogens with two attached hydrogens (primary N) is 1. The van der Waals surface area contributed by atoms with E-state index in [1.165, 1.54) is 12.1 Å². The number of hydrogen-bond acceptors (Lipinski definition) is 6. The molecule has 0 bridgehead atoms. The Bertz CT molecular complexity index is 1550. The first-order valence-corrected chi connectivity index (χ1v) is 12.9. The Morgan fingerprint density at radius 3 is 2.56 bits per heavy atom. The lowest BCUT2D eigenvalue weighted by atomic mass is 9.92. The molecule has 2 atom stereocenters. The summed E-state index contributed by atoms with van der Waals surface area (Å²) in [4.78, 5) is 8.19. The molecule has 2 aromatic carbocycles. The molecule has 1 aliphatic rings. The van der Waals surface area contributed by atoms with Crippen molar-refractivity contribution >= 4 is 26.7 Å². The Morgan fingerprint density at radius 1 is 1.08 bits per heavy atom. The maximum atomic E-state index is 15.0. The normalized spacial score (nSPS) is 18.5. The maximum Gasteiger partial charge on any atom is 0.268 e. The topological polar surface area (TPSA) is 103 Å². The molecule has 0 unspecified atom stereocenters. The summed E-state index contributed by atoms with van der Waals surface area (Å²) < 4.78 is 71.4. The van der Waals surface area contributed by atoms with Gasteiger partial charge in [0.1, 0.15) is 11.3 Å². The third-order valence-corrected chi connectivity index (χ3v) is 8.08. The molecule has 0 spiro atoms. The van der Waals surface area contributed by atoms with E-state index in [4.69, 9.17) is 5.73 Å². The Kier molecular flexibility index (Phi) is 6.21. The molecule has 0 saturated heterocycles. The molecule has 0 aliphatic heterocycles. The van der Waals surface area contributed by atoms with Crippen LogP contribution < -0.4 is 11.1 Å². The van der Waals surface area contributed by atoms with Crippen molar-refractivity contribution in [3.8, 4) is 11.4 Å². The summed E-state index contributed by atoms with van der Waals surface area (Å²) in [6, 6.07) is 7.57. The average molecular weight is 516 g/mol. The molecule has 36 heavy (non-hydrogen) atoms. The number of anilines is 1. The summed E-state index contributed by atoms with van der Waals surface area (Å²) in [5.74, 6) is -2.83. The zero-order valence-corrected chi connectivity index (χ0v) is 20.2. The molecule has 4 aromatic rings. The maximum absolute atomic E-state index is 15.0. The van der Waals surface area contributed by atoms with Gasteiger partial charge in [0, 0.05) is 35.3 Å². The molecule has 0 radical (unpaired) electrons. The molecule has 11 heteroatoms. The summed E-state index contributed by atoms with van der Waals surface area (Å²) in [6.45, 7) is 1.81. The first-order valence-electron chi connectivity index (χ1n) is 11.5. The number of fused-ring (bicyclic) bond motifs is 1. The van der Waals surface area contributed by atoms with E-state index in [1.54, 1.807) is 19.1 Å². The molecule has 1 saturated carbocycles. The van der Waals surface area contributed by atoms with Gasteiger partial charge in [-0.05, 0) is 50.8 Å². The van der Waals surface area contributed by atoms with Gasteiger partial charge in [-0.1, -0.05) is 17.7 Å². The zero-order chi connectivity index (χ0) is 25.6. The van der Waals surface area contributed by atoms with E-state index in [0.717, 1.165) is 47.3 Å². The van der Waals surface area contributed by atoms with Gasteiger partial charge in [0.25, 0.3) is 10.0 Å². The number of nitrogens with zero attached hydrogens (tertiary/aromatic N) is 3. The van der Waals surface area contributed by atoms with Crippen LogP contribution in [0.15, 0.2) is 53.7 Å². The van der Waals surface area contributed by atoms with Gasteiger partial charge in [-0.25, -0.2) is 35.5 Å². The molecule has 5 rings (SSSR count). The van der Waals surface area contributed by atoms with Gasteiger partial charge >= 0.3 is 0 Å².